The Balaban J connectivity index is 0.986. The van der Waals surface area contributed by atoms with Crippen LogP contribution in [0, 0.1) is 0 Å². The lowest BCUT2D eigenvalue weighted by Gasteiger charge is -2.38. The maximum absolute atomic E-state index is 13.0. The summed E-state index contributed by atoms with van der Waals surface area (Å²) in [6, 6.07) is 11.2. The molecule has 2 aromatic heterocycles. The molecule has 3 N–H and O–H groups in total. The molecule has 5 heterocycles. The van der Waals surface area contributed by atoms with Gasteiger partial charge < -0.3 is 15.3 Å². The van der Waals surface area contributed by atoms with E-state index in [0.717, 1.165) is 29.7 Å². The number of pyridine rings is 1. The fourth-order valence-electron chi connectivity index (χ4n) is 6.33. The number of carbonyl (C=O) groups excluding carboxylic acids is 3. The Morgan fingerprint density at radius 2 is 1.80 bits per heavy atom. The maximum atomic E-state index is 13.0. The molecule has 0 radical (unpaired) electrons. The van der Waals surface area contributed by atoms with Crippen LogP contribution in [0.4, 0.5) is 5.95 Å². The van der Waals surface area contributed by atoms with Crippen LogP contribution in [0.15, 0.2) is 55.4 Å². The van der Waals surface area contributed by atoms with Crippen LogP contribution < -0.4 is 10.6 Å². The van der Waals surface area contributed by atoms with Crippen LogP contribution in [0.2, 0.25) is 0 Å². The van der Waals surface area contributed by atoms with Crippen molar-refractivity contribution in [2.45, 2.75) is 76.6 Å². The van der Waals surface area contributed by atoms with Crippen molar-refractivity contribution in [3.8, 4) is 0 Å². The summed E-state index contributed by atoms with van der Waals surface area (Å²) in [4.78, 5) is 54.3. The first-order valence-corrected chi connectivity index (χ1v) is 16.0. The molecule has 2 fully saturated rings. The van der Waals surface area contributed by atoms with Crippen molar-refractivity contribution >= 4 is 29.2 Å². The van der Waals surface area contributed by atoms with Gasteiger partial charge in [-0.3, -0.25) is 29.6 Å². The van der Waals surface area contributed by atoms with Crippen LogP contribution in [-0.4, -0.2) is 73.3 Å². The Bertz CT molecular complexity index is 1630. The van der Waals surface area contributed by atoms with Crippen molar-refractivity contribution in [1.82, 2.24) is 30.1 Å². The zero-order valence-corrected chi connectivity index (χ0v) is 26.5. The summed E-state index contributed by atoms with van der Waals surface area (Å²) in [6.45, 7) is 11.6. The number of carbonyl (C=O) groups is 3. The lowest BCUT2D eigenvalue weighted by atomic mass is 9.87. The second-order valence-corrected chi connectivity index (χ2v) is 12.9. The maximum Gasteiger partial charge on any atom is 0.256 e. The van der Waals surface area contributed by atoms with Crippen LogP contribution in [0.1, 0.15) is 90.3 Å². The number of nitrogens with one attached hydrogen (secondary N) is 2. The quantitative estimate of drug-likeness (QED) is 0.288. The first kappa shape index (κ1) is 31.5. The summed E-state index contributed by atoms with van der Waals surface area (Å²) in [5.74, 6) is -0.00524. The number of piperidine rings is 2. The Morgan fingerprint density at radius 1 is 1.09 bits per heavy atom. The molecule has 0 aliphatic carbocycles. The van der Waals surface area contributed by atoms with E-state index in [1.54, 1.807) is 12.1 Å². The third-order valence-electron chi connectivity index (χ3n) is 9.35. The van der Waals surface area contributed by atoms with E-state index in [1.807, 2.05) is 12.4 Å². The van der Waals surface area contributed by atoms with E-state index >= 15 is 0 Å². The van der Waals surface area contributed by atoms with Crippen molar-refractivity contribution < 1.29 is 19.5 Å². The van der Waals surface area contributed by atoms with Gasteiger partial charge in [-0.25, -0.2) is 9.97 Å². The number of amides is 3. The number of imide groups is 1. The van der Waals surface area contributed by atoms with E-state index in [-0.39, 0.29) is 24.8 Å². The van der Waals surface area contributed by atoms with E-state index in [2.05, 4.69) is 70.2 Å². The van der Waals surface area contributed by atoms with E-state index in [0.29, 0.717) is 67.7 Å². The van der Waals surface area contributed by atoms with Crippen molar-refractivity contribution in [2.24, 2.45) is 0 Å². The average molecular weight is 624 g/mol. The summed E-state index contributed by atoms with van der Waals surface area (Å²) in [5, 5.41) is 17.2. The third kappa shape index (κ3) is 6.70. The highest BCUT2D eigenvalue weighted by Gasteiger charge is 2.41. The van der Waals surface area contributed by atoms with Crippen molar-refractivity contribution in [3.05, 3.63) is 89.0 Å². The van der Waals surface area contributed by atoms with E-state index in [9.17, 15) is 19.5 Å². The summed E-state index contributed by atoms with van der Waals surface area (Å²) in [6.07, 6.45) is 6.06. The largest absolute Gasteiger partial charge is 0.383 e. The molecule has 0 bridgehead atoms. The van der Waals surface area contributed by atoms with Gasteiger partial charge in [0.2, 0.25) is 17.8 Å². The van der Waals surface area contributed by atoms with E-state index < -0.39 is 17.6 Å². The van der Waals surface area contributed by atoms with Gasteiger partial charge in [0.15, 0.2) is 0 Å². The number of hydrogen-bond acceptors (Lipinski definition) is 9. The molecule has 3 aromatic rings. The number of benzene rings is 1. The topological polar surface area (TPSA) is 141 Å². The molecular weight excluding hydrogens is 582 g/mol. The molecule has 1 atom stereocenters. The lowest BCUT2D eigenvalue weighted by Crippen LogP contribution is -2.52. The monoisotopic (exact) mass is 623 g/mol. The van der Waals surface area contributed by atoms with Gasteiger partial charge in [0, 0.05) is 45.0 Å². The van der Waals surface area contributed by atoms with E-state index in [4.69, 9.17) is 4.98 Å². The number of rotatable bonds is 10. The second-order valence-electron chi connectivity index (χ2n) is 12.9. The Labute approximate surface area is 269 Å². The summed E-state index contributed by atoms with van der Waals surface area (Å²) >= 11 is 0. The molecule has 46 heavy (non-hydrogen) atoms. The van der Waals surface area contributed by atoms with Gasteiger partial charge >= 0.3 is 0 Å². The van der Waals surface area contributed by atoms with Gasteiger partial charge in [0.05, 0.1) is 23.5 Å². The number of nitrogens with zero attached hydrogens (tertiary/aromatic N) is 5. The summed E-state index contributed by atoms with van der Waals surface area (Å²) in [7, 11) is 0. The molecule has 3 aliphatic heterocycles. The Kier molecular flexibility index (Phi) is 8.97. The zero-order valence-electron chi connectivity index (χ0n) is 26.5. The van der Waals surface area contributed by atoms with Crippen molar-refractivity contribution in [2.75, 3.05) is 25.0 Å². The molecule has 240 valence electrons. The average Bonchev–Trinajstić information content (AvgIpc) is 3.38. The molecule has 3 aliphatic rings. The highest BCUT2D eigenvalue weighted by Crippen LogP contribution is 2.35. The Morgan fingerprint density at radius 3 is 2.48 bits per heavy atom. The fourth-order valence-corrected chi connectivity index (χ4v) is 6.33. The SMILES string of the molecule is C=C(CCNc1ncc(C(C)C)cn1)c1ccc(CN2CCC(O)(c3ccc4c(n3)CN(C3CCC(=O)NC3=O)C4=O)CC2)cc1. The first-order valence-electron chi connectivity index (χ1n) is 16.0. The number of hydrogen-bond donors (Lipinski definition) is 3. The molecule has 0 spiro atoms. The van der Waals surface area contributed by atoms with Gasteiger partial charge in [0.25, 0.3) is 5.91 Å². The summed E-state index contributed by atoms with van der Waals surface area (Å²) < 4.78 is 0. The van der Waals surface area contributed by atoms with Gasteiger partial charge in [-0.15, -0.1) is 0 Å². The molecule has 1 aromatic carbocycles. The number of aromatic nitrogens is 3. The second kappa shape index (κ2) is 13.1. The minimum absolute atomic E-state index is 0.191. The minimum Gasteiger partial charge on any atom is -0.383 e. The van der Waals surface area contributed by atoms with E-state index in [1.165, 1.54) is 10.5 Å². The van der Waals surface area contributed by atoms with Crippen LogP contribution in [0.5, 0.6) is 0 Å². The van der Waals surface area contributed by atoms with Crippen LogP contribution in [0.3, 0.4) is 0 Å². The highest BCUT2D eigenvalue weighted by molar-refractivity contribution is 6.05. The fraction of sp³-hybridized carbons (Fsp3) is 0.429. The third-order valence-corrected chi connectivity index (χ3v) is 9.35. The number of fused-ring (bicyclic) bond motifs is 1. The molecule has 11 nitrogen and oxygen atoms in total. The van der Waals surface area contributed by atoms with Gasteiger partial charge in [-0.2, -0.15) is 0 Å². The number of likely N-dealkylation sites (tertiary alicyclic amines) is 1. The van der Waals surface area contributed by atoms with Crippen LogP contribution in [0.25, 0.3) is 5.57 Å². The Hall–Kier alpha value is -4.48. The molecule has 11 heteroatoms. The normalized spacial score (nSPS) is 19.7. The first-order chi connectivity index (χ1) is 22.1. The van der Waals surface area contributed by atoms with Crippen LogP contribution in [-0.2, 0) is 28.3 Å². The standard InChI is InChI=1S/C35H41N7O4/c1-22(2)26-18-37-34(38-19-26)36-15-12-23(3)25-6-4-24(5-7-25)20-41-16-13-35(46,14-17-41)30-10-8-27-28(39-30)21-42(33(27)45)29-9-11-31(43)40-32(29)44/h4-8,10,18-19,22,29,46H,3,9,11-17,20-21H2,1-2H3,(H,36,37,38)(H,40,43,44). The minimum atomic E-state index is -1.09. The van der Waals surface area contributed by atoms with Crippen molar-refractivity contribution in [1.29, 1.82) is 0 Å². The van der Waals surface area contributed by atoms with Crippen molar-refractivity contribution in [3.63, 3.8) is 0 Å². The predicted octanol–water partition coefficient (Wildman–Crippen LogP) is 3.76. The molecule has 2 saturated heterocycles. The van der Waals surface area contributed by atoms with Gasteiger partial charge in [0.1, 0.15) is 11.6 Å². The lowest BCUT2D eigenvalue weighted by molar-refractivity contribution is -0.136. The predicted molar refractivity (Wildman–Crippen MR) is 173 cm³/mol. The molecular formula is C35H41N7O4. The number of aliphatic hydroxyl groups is 1. The molecule has 0 saturated carbocycles. The molecule has 3 amide bonds. The van der Waals surface area contributed by atoms with Gasteiger partial charge in [-0.05, 0) is 66.0 Å². The molecule has 6 rings (SSSR count). The zero-order chi connectivity index (χ0) is 32.4. The molecule has 1 unspecified atom stereocenters. The van der Waals surface area contributed by atoms with Crippen LogP contribution >= 0.6 is 0 Å². The highest BCUT2D eigenvalue weighted by atomic mass is 16.3. The summed E-state index contributed by atoms with van der Waals surface area (Å²) in [5.41, 5.74) is 4.94. The van der Waals surface area contributed by atoms with Gasteiger partial charge in [-0.1, -0.05) is 44.7 Å². The smallest absolute Gasteiger partial charge is 0.256 e. The number of anilines is 1.